The third kappa shape index (κ3) is 9.27. The third-order valence-corrected chi connectivity index (χ3v) is 11.2. The van der Waals surface area contributed by atoms with Crippen LogP contribution in [0.3, 0.4) is 0 Å². The van der Waals surface area contributed by atoms with Crippen molar-refractivity contribution in [1.29, 1.82) is 0 Å². The molecular weight excluding hydrogens is 819 g/mol. The van der Waals surface area contributed by atoms with E-state index in [9.17, 15) is 52.2 Å². The molecule has 2 aromatic heterocycles. The van der Waals surface area contributed by atoms with Gasteiger partial charge in [0, 0.05) is 79.1 Å². The molecule has 15 nitrogen and oxygen atoms in total. The first-order valence-electron chi connectivity index (χ1n) is 20.0. The average molecular weight is 859 g/mol. The smallest absolute Gasteiger partial charge is 0.337 e. The van der Waals surface area contributed by atoms with E-state index < -0.39 is 41.0 Å². The molecule has 2 fully saturated rings. The molecule has 0 bridgehead atoms. The Morgan fingerprint density at radius 1 is 0.619 bits per heavy atom. The van der Waals surface area contributed by atoms with Gasteiger partial charge >= 0.3 is 5.97 Å². The maximum absolute atomic E-state index is 14.3. The summed E-state index contributed by atoms with van der Waals surface area (Å²) in [7, 11) is 0. The van der Waals surface area contributed by atoms with Gasteiger partial charge in [0.25, 0.3) is 35.2 Å². The lowest BCUT2D eigenvalue weighted by molar-refractivity contribution is -0.117. The Morgan fingerprint density at radius 3 is 1.52 bits per heavy atom. The summed E-state index contributed by atoms with van der Waals surface area (Å²) in [5.41, 5.74) is 0.968. The van der Waals surface area contributed by atoms with E-state index in [0.29, 0.717) is 56.4 Å². The molecule has 63 heavy (non-hydrogen) atoms. The van der Waals surface area contributed by atoms with Gasteiger partial charge in [0.1, 0.15) is 11.6 Å². The number of amides is 4. The number of fused-ring (bicyclic) bond motifs is 2. The van der Waals surface area contributed by atoms with Gasteiger partial charge in [-0.3, -0.25) is 33.6 Å². The fourth-order valence-corrected chi connectivity index (χ4v) is 7.84. The first-order chi connectivity index (χ1) is 30.4. The number of carbonyl (C=O) groups excluding carboxylic acids is 7. The Hall–Kier alpha value is -7.82. The second-order valence-corrected chi connectivity index (χ2v) is 15.2. The van der Waals surface area contributed by atoms with E-state index in [4.69, 9.17) is 0 Å². The lowest BCUT2D eigenvalue weighted by Gasteiger charge is -2.16. The Labute approximate surface area is 357 Å². The van der Waals surface area contributed by atoms with Crippen molar-refractivity contribution in [2.75, 3.05) is 39.3 Å². The van der Waals surface area contributed by atoms with E-state index in [-0.39, 0.29) is 80.8 Å². The maximum atomic E-state index is 14.3. The highest BCUT2D eigenvalue weighted by Crippen LogP contribution is 2.27. The van der Waals surface area contributed by atoms with Gasteiger partial charge in [-0.2, -0.15) is 0 Å². The van der Waals surface area contributed by atoms with Gasteiger partial charge in [-0.1, -0.05) is 36.4 Å². The number of halogens is 2. The molecule has 17 heteroatoms. The predicted octanol–water partition coefficient (Wildman–Crippen LogP) is 5.05. The van der Waals surface area contributed by atoms with E-state index in [2.05, 4.69) is 20.6 Å². The monoisotopic (exact) mass is 858 g/mol. The van der Waals surface area contributed by atoms with Gasteiger partial charge in [0.15, 0.2) is 6.29 Å². The number of rotatable bonds is 12. The second-order valence-electron chi connectivity index (χ2n) is 15.2. The molecule has 0 aliphatic carbocycles. The number of ketones is 2. The van der Waals surface area contributed by atoms with Crippen LogP contribution in [0.5, 0.6) is 0 Å². The van der Waals surface area contributed by atoms with Crippen LogP contribution in [0.25, 0.3) is 21.8 Å². The molecule has 4 amide bonds. The molecule has 322 valence electrons. The number of hydrogen-bond acceptors (Lipinski definition) is 8. The predicted molar refractivity (Wildman–Crippen MR) is 224 cm³/mol. The minimum atomic E-state index is -1.28. The molecule has 5 N–H and O–H groups in total. The van der Waals surface area contributed by atoms with Gasteiger partial charge in [-0.25, -0.2) is 13.6 Å². The number of likely N-dealkylation sites (tertiary alicyclic amines) is 2. The number of aromatic nitrogens is 2. The summed E-state index contributed by atoms with van der Waals surface area (Å²) < 4.78 is 28.6. The molecule has 6 aromatic rings. The number of nitrogens with one attached hydrogen (secondary N) is 4. The topological polar surface area (TPSA) is 219 Å². The molecule has 2 aliphatic rings. The van der Waals surface area contributed by atoms with E-state index in [0.717, 1.165) is 24.4 Å². The van der Waals surface area contributed by atoms with Crippen LogP contribution < -0.4 is 10.6 Å². The Bertz CT molecular complexity index is 2770. The number of aromatic carboxylic acids is 1. The molecule has 0 radical (unpaired) electrons. The number of hydrogen-bond donors (Lipinski definition) is 5. The Morgan fingerprint density at radius 2 is 1.06 bits per heavy atom. The number of carboxylic acid groups (broad SMARTS) is 1. The van der Waals surface area contributed by atoms with Crippen molar-refractivity contribution in [3.63, 3.8) is 0 Å². The van der Waals surface area contributed by atoms with Crippen molar-refractivity contribution < 1.29 is 52.2 Å². The molecule has 2 aliphatic heterocycles. The zero-order valence-corrected chi connectivity index (χ0v) is 33.5. The van der Waals surface area contributed by atoms with Crippen molar-refractivity contribution >= 4 is 69.3 Å². The third-order valence-electron chi connectivity index (χ3n) is 11.2. The van der Waals surface area contributed by atoms with Crippen molar-refractivity contribution in [3.8, 4) is 0 Å². The van der Waals surface area contributed by atoms with Crippen LogP contribution in [-0.2, 0) is 9.59 Å². The highest BCUT2D eigenvalue weighted by molar-refractivity contribution is 6.45. The molecule has 2 saturated heterocycles. The zero-order valence-electron chi connectivity index (χ0n) is 33.5. The molecule has 0 spiro atoms. The van der Waals surface area contributed by atoms with Crippen LogP contribution in [0.2, 0.25) is 0 Å². The summed E-state index contributed by atoms with van der Waals surface area (Å²) in [6.07, 6.45) is 4.31. The number of aromatic amines is 2. The first-order valence-corrected chi connectivity index (χ1v) is 20.0. The average Bonchev–Trinajstić information content (AvgIpc) is 4.15. The van der Waals surface area contributed by atoms with Crippen LogP contribution in [0, 0.1) is 23.5 Å². The van der Waals surface area contributed by atoms with Gasteiger partial charge in [-0.15, -0.1) is 0 Å². The minimum Gasteiger partial charge on any atom is -0.478 e. The summed E-state index contributed by atoms with van der Waals surface area (Å²) in [5, 5.41) is 14.1. The van der Waals surface area contributed by atoms with Crippen molar-refractivity contribution in [2.45, 2.75) is 12.8 Å². The molecule has 4 heterocycles. The number of aldehydes is 1. The highest BCUT2D eigenvalue weighted by atomic mass is 19.1. The van der Waals surface area contributed by atoms with Crippen molar-refractivity contribution in [3.05, 3.63) is 142 Å². The Kier molecular flexibility index (Phi) is 12.9. The highest BCUT2D eigenvalue weighted by Gasteiger charge is 2.31. The van der Waals surface area contributed by atoms with Gasteiger partial charge in [-0.05, 0) is 73.2 Å². The summed E-state index contributed by atoms with van der Waals surface area (Å²) in [6.45, 7) is 2.47. The van der Waals surface area contributed by atoms with Crippen LogP contribution in [0.1, 0.15) is 75.0 Å². The number of benzene rings is 4. The lowest BCUT2D eigenvalue weighted by atomic mass is 10.0. The summed E-state index contributed by atoms with van der Waals surface area (Å²) in [4.78, 5) is 106. The summed E-state index contributed by atoms with van der Waals surface area (Å²) in [6, 6.07) is 22.3. The summed E-state index contributed by atoms with van der Waals surface area (Å²) >= 11 is 0. The zero-order chi connectivity index (χ0) is 44.8. The molecular formula is C46H40F2N6O9. The second kappa shape index (κ2) is 18.8. The Balaban J connectivity index is 0.000000189. The molecule has 2 unspecified atom stereocenters. The van der Waals surface area contributed by atoms with Crippen LogP contribution in [0.4, 0.5) is 8.78 Å². The number of carboxylic acids is 1. The van der Waals surface area contributed by atoms with E-state index >= 15 is 0 Å². The largest absolute Gasteiger partial charge is 0.478 e. The SMILES string of the molecule is O=C(NCC1CCN(C(=O)c2ccccc2)C1)C(=O)c1c[nH]c2c(C(=O)O)ccc(F)c12.O=Cc1ccc(F)c2c(C(=O)C(=O)NCC3CCN(C(=O)c4ccccc4)C3)c[nH]c12. The molecule has 0 saturated carbocycles. The van der Waals surface area contributed by atoms with Gasteiger partial charge in [0.2, 0.25) is 0 Å². The number of carbonyl (C=O) groups is 8. The standard InChI is InChI=1S/C23H20FN3O5.C23H20FN3O4/c24-17-7-6-15(23(31)32)19-18(17)16(11-25-19)20(28)21(29)26-10-13-8-9-27(12-13)22(30)14-4-2-1-3-5-14;24-18-7-6-16(13-28)20-19(18)17(11-25-20)21(29)22(30)26-10-14-8-9-27(12-14)23(31)15-4-2-1-3-5-15/h1-7,11,13,25H,8-10,12H2,(H,26,29)(H,31,32);1-7,11,13-14,25H,8-10,12H2,(H,26,30). The van der Waals surface area contributed by atoms with Crippen LogP contribution in [-0.4, -0.2) is 112 Å². The quantitative estimate of drug-likeness (QED) is 0.0631. The van der Waals surface area contributed by atoms with Crippen LogP contribution in [0.15, 0.2) is 97.3 Å². The van der Waals surface area contributed by atoms with Gasteiger partial charge < -0.3 is 35.5 Å². The maximum Gasteiger partial charge on any atom is 0.337 e. The molecule has 8 rings (SSSR count). The minimum absolute atomic E-state index is 0.0160. The fourth-order valence-electron chi connectivity index (χ4n) is 7.84. The number of Topliss-reactive ketones (excluding diaryl/α,β-unsaturated/α-hetero) is 2. The normalized spacial score (nSPS) is 15.7. The van der Waals surface area contributed by atoms with Crippen molar-refractivity contribution in [2.24, 2.45) is 11.8 Å². The summed E-state index contributed by atoms with van der Waals surface area (Å²) in [5.74, 6) is -6.54. The number of H-pyrrole nitrogens is 2. The van der Waals surface area contributed by atoms with Gasteiger partial charge in [0.05, 0.1) is 27.7 Å². The fraction of sp³-hybridized carbons (Fsp3) is 0.217. The van der Waals surface area contributed by atoms with E-state index in [1.807, 2.05) is 12.1 Å². The van der Waals surface area contributed by atoms with Crippen molar-refractivity contribution in [1.82, 2.24) is 30.4 Å². The molecule has 2 atom stereocenters. The molecule has 4 aromatic carbocycles. The first kappa shape index (κ1) is 43.3. The lowest BCUT2D eigenvalue weighted by Crippen LogP contribution is -2.36. The van der Waals surface area contributed by atoms with E-state index in [1.54, 1.807) is 58.3 Å². The van der Waals surface area contributed by atoms with Crippen LogP contribution >= 0.6 is 0 Å². The number of nitrogens with zero attached hydrogens (tertiary/aromatic N) is 2. The van der Waals surface area contributed by atoms with E-state index in [1.165, 1.54) is 12.3 Å².